The van der Waals surface area contributed by atoms with E-state index in [2.05, 4.69) is 29.4 Å². The minimum absolute atomic E-state index is 0.379. The van der Waals surface area contributed by atoms with Gasteiger partial charge in [0.2, 0.25) is 11.8 Å². The van der Waals surface area contributed by atoms with Gasteiger partial charge in [-0.25, -0.2) is 4.79 Å². The topological polar surface area (TPSA) is 83.9 Å². The Kier molecular flexibility index (Phi) is 8.07. The molecule has 1 aromatic heterocycles. The molecule has 1 aliphatic rings. The average molecular weight is 522 g/mol. The van der Waals surface area contributed by atoms with Gasteiger partial charge in [0.15, 0.2) is 0 Å². The lowest BCUT2D eigenvalue weighted by atomic mass is 9.95. The molecule has 7 heteroatoms. The van der Waals surface area contributed by atoms with E-state index >= 15 is 0 Å². The molecule has 2 heterocycles. The zero-order valence-electron chi connectivity index (χ0n) is 21.8. The second kappa shape index (κ2) is 12.2. The van der Waals surface area contributed by atoms with Crippen LogP contribution in [0.15, 0.2) is 97.1 Å². The molecule has 0 unspecified atom stereocenters. The third kappa shape index (κ3) is 6.76. The van der Waals surface area contributed by atoms with Crippen molar-refractivity contribution in [2.24, 2.45) is 0 Å². The smallest absolute Gasteiger partial charge is 0.407 e. The number of hydrogen-bond donors (Lipinski definition) is 2. The summed E-state index contributed by atoms with van der Waals surface area (Å²) in [6.07, 6.45) is 1.82. The van der Waals surface area contributed by atoms with Gasteiger partial charge in [0.05, 0.1) is 0 Å². The van der Waals surface area contributed by atoms with Crippen LogP contribution in [0, 0.1) is 6.92 Å². The van der Waals surface area contributed by atoms with E-state index < -0.39 is 6.09 Å². The van der Waals surface area contributed by atoms with Crippen molar-refractivity contribution in [3.8, 4) is 11.8 Å². The van der Waals surface area contributed by atoms with Crippen molar-refractivity contribution in [2.75, 3.05) is 18.4 Å². The van der Waals surface area contributed by atoms with Crippen molar-refractivity contribution < 1.29 is 19.4 Å². The summed E-state index contributed by atoms with van der Waals surface area (Å²) < 4.78 is 12.1. The molecule has 3 aromatic carbocycles. The Morgan fingerprint density at radius 2 is 1.62 bits per heavy atom. The summed E-state index contributed by atoms with van der Waals surface area (Å²) in [5.41, 5.74) is 7.16. The first-order valence-electron chi connectivity index (χ1n) is 12.9. The Hall–Kier alpha value is -4.78. The number of carboxylic acid groups (broad SMARTS) is 1. The van der Waals surface area contributed by atoms with E-state index in [0.29, 0.717) is 44.5 Å². The number of ether oxygens (including phenoxy) is 2. The van der Waals surface area contributed by atoms with Gasteiger partial charge in [-0.05, 0) is 59.4 Å². The maximum atomic E-state index is 11.2. The number of amides is 1. The molecule has 0 saturated carbocycles. The summed E-state index contributed by atoms with van der Waals surface area (Å²) in [4.78, 5) is 17.3. The van der Waals surface area contributed by atoms with Crippen LogP contribution in [-0.2, 0) is 13.2 Å². The van der Waals surface area contributed by atoms with Gasteiger partial charge in [0.25, 0.3) is 0 Å². The van der Waals surface area contributed by atoms with Crippen molar-refractivity contribution in [3.63, 3.8) is 0 Å². The number of pyridine rings is 1. The predicted molar refractivity (Wildman–Crippen MR) is 152 cm³/mol. The number of benzene rings is 3. The number of aromatic nitrogens is 1. The van der Waals surface area contributed by atoms with Crippen LogP contribution >= 0.6 is 0 Å². The lowest BCUT2D eigenvalue weighted by molar-refractivity contribution is 0.150. The number of carbonyl (C=O) groups is 1. The van der Waals surface area contributed by atoms with Gasteiger partial charge >= 0.3 is 6.09 Å². The highest BCUT2D eigenvalue weighted by Gasteiger charge is 2.18. The lowest BCUT2D eigenvalue weighted by Crippen LogP contribution is -2.33. The third-order valence-electron chi connectivity index (χ3n) is 6.61. The van der Waals surface area contributed by atoms with Crippen LogP contribution in [0.1, 0.15) is 28.7 Å². The van der Waals surface area contributed by atoms with Gasteiger partial charge in [-0.3, -0.25) is 0 Å². The molecule has 0 bridgehead atoms. The fourth-order valence-electron chi connectivity index (χ4n) is 4.51. The Balaban J connectivity index is 1.34. The van der Waals surface area contributed by atoms with Crippen LogP contribution in [-0.4, -0.2) is 34.2 Å². The number of rotatable bonds is 9. The Labute approximate surface area is 228 Å². The van der Waals surface area contributed by atoms with E-state index in [1.54, 1.807) is 0 Å². The molecule has 0 fully saturated rings. The van der Waals surface area contributed by atoms with Gasteiger partial charge in [-0.15, -0.1) is 0 Å². The second-order valence-corrected chi connectivity index (χ2v) is 9.41. The molecule has 1 aliphatic heterocycles. The summed E-state index contributed by atoms with van der Waals surface area (Å²) in [6.45, 7) is 3.78. The molecule has 5 rings (SSSR count). The quantitative estimate of drug-likeness (QED) is 0.245. The molecule has 2 N–H and O–H groups in total. The molecule has 0 radical (unpaired) electrons. The molecule has 0 saturated heterocycles. The van der Waals surface area contributed by atoms with Gasteiger partial charge in [-0.2, -0.15) is 4.98 Å². The Morgan fingerprint density at radius 3 is 2.23 bits per heavy atom. The van der Waals surface area contributed by atoms with Gasteiger partial charge in [0, 0.05) is 24.8 Å². The molecule has 1 amide bonds. The first kappa shape index (κ1) is 25.9. The normalized spacial score (nSPS) is 12.9. The van der Waals surface area contributed by atoms with Crippen LogP contribution in [0.3, 0.4) is 0 Å². The summed E-state index contributed by atoms with van der Waals surface area (Å²) in [5.74, 6) is 0.938. The number of anilines is 2. The summed E-state index contributed by atoms with van der Waals surface area (Å²) in [7, 11) is 0. The fraction of sp³-hybridized carbons (Fsp3) is 0.188. The van der Waals surface area contributed by atoms with E-state index in [9.17, 15) is 9.90 Å². The van der Waals surface area contributed by atoms with Crippen LogP contribution in [0.4, 0.5) is 16.2 Å². The monoisotopic (exact) mass is 521 g/mol. The Bertz CT molecular complexity index is 1460. The highest BCUT2D eigenvalue weighted by molar-refractivity contribution is 5.75. The second-order valence-electron chi connectivity index (χ2n) is 9.41. The van der Waals surface area contributed by atoms with E-state index in [0.717, 1.165) is 33.6 Å². The van der Waals surface area contributed by atoms with Crippen molar-refractivity contribution in [3.05, 3.63) is 119 Å². The SMILES string of the molecule is Cc1cc(Nc2ccc(OCc3ccccc3)nc2OCc2ccccc2)ccc1C1=CCN(C(=O)O)CC1. The third-order valence-corrected chi connectivity index (χ3v) is 6.61. The number of nitrogens with one attached hydrogen (secondary N) is 1. The minimum Gasteiger partial charge on any atom is -0.473 e. The standard InChI is InChI=1S/C32H31N3O4/c1-23-20-27(12-13-28(23)26-16-18-35(19-17-26)32(36)37)33-29-14-15-30(38-21-24-8-4-2-5-9-24)34-31(29)39-22-25-10-6-3-7-11-25/h2-16,20,33H,17-19,21-22H2,1H3,(H,36,37). The molecular weight excluding hydrogens is 490 g/mol. The highest BCUT2D eigenvalue weighted by atomic mass is 16.5. The van der Waals surface area contributed by atoms with Gasteiger partial charge in [-0.1, -0.05) is 72.8 Å². The average Bonchev–Trinajstić information content (AvgIpc) is 2.97. The highest BCUT2D eigenvalue weighted by Crippen LogP contribution is 2.32. The molecule has 0 spiro atoms. The van der Waals surface area contributed by atoms with Crippen LogP contribution in [0.25, 0.3) is 5.57 Å². The van der Waals surface area contributed by atoms with Crippen molar-refractivity contribution >= 4 is 23.0 Å². The van der Waals surface area contributed by atoms with Gasteiger partial charge in [0.1, 0.15) is 18.9 Å². The molecule has 39 heavy (non-hydrogen) atoms. The van der Waals surface area contributed by atoms with E-state index in [-0.39, 0.29) is 0 Å². The van der Waals surface area contributed by atoms with Crippen LogP contribution < -0.4 is 14.8 Å². The zero-order chi connectivity index (χ0) is 27.0. The number of aryl methyl sites for hydroxylation is 1. The maximum Gasteiger partial charge on any atom is 0.407 e. The van der Waals surface area contributed by atoms with Crippen molar-refractivity contribution in [1.82, 2.24) is 9.88 Å². The maximum absolute atomic E-state index is 11.2. The first-order valence-corrected chi connectivity index (χ1v) is 12.9. The van der Waals surface area contributed by atoms with Crippen molar-refractivity contribution in [2.45, 2.75) is 26.6 Å². The predicted octanol–water partition coefficient (Wildman–Crippen LogP) is 7.06. The minimum atomic E-state index is -0.878. The summed E-state index contributed by atoms with van der Waals surface area (Å²) in [6, 6.07) is 29.9. The lowest BCUT2D eigenvalue weighted by Gasteiger charge is -2.24. The zero-order valence-corrected chi connectivity index (χ0v) is 21.8. The summed E-state index contributed by atoms with van der Waals surface area (Å²) in [5, 5.41) is 12.7. The van der Waals surface area contributed by atoms with E-state index in [1.165, 1.54) is 10.5 Å². The molecular formula is C32H31N3O4. The van der Waals surface area contributed by atoms with Crippen molar-refractivity contribution in [1.29, 1.82) is 0 Å². The van der Waals surface area contributed by atoms with Crippen LogP contribution in [0.2, 0.25) is 0 Å². The molecule has 198 valence electrons. The molecule has 0 aliphatic carbocycles. The van der Waals surface area contributed by atoms with E-state index in [4.69, 9.17) is 9.47 Å². The Morgan fingerprint density at radius 1 is 0.923 bits per heavy atom. The largest absolute Gasteiger partial charge is 0.473 e. The first-order chi connectivity index (χ1) is 19.0. The summed E-state index contributed by atoms with van der Waals surface area (Å²) >= 11 is 0. The van der Waals surface area contributed by atoms with Gasteiger partial charge < -0.3 is 24.8 Å². The van der Waals surface area contributed by atoms with Crippen LogP contribution in [0.5, 0.6) is 11.8 Å². The molecule has 4 aromatic rings. The molecule has 0 atom stereocenters. The molecule has 7 nitrogen and oxygen atoms in total. The van der Waals surface area contributed by atoms with E-state index in [1.807, 2.05) is 84.9 Å². The number of hydrogen-bond acceptors (Lipinski definition) is 5. The fourth-order valence-corrected chi connectivity index (χ4v) is 4.51. The number of nitrogens with zero attached hydrogens (tertiary/aromatic N) is 2.